The van der Waals surface area contributed by atoms with Gasteiger partial charge in [-0.25, -0.2) is 19.7 Å². The fraction of sp³-hybridized carbons (Fsp3) is 0.368. The molecule has 3 rings (SSSR count). The van der Waals surface area contributed by atoms with Crippen LogP contribution in [0.25, 0.3) is 22.4 Å². The minimum Gasteiger partial charge on any atom is -0.480 e. The Morgan fingerprint density at radius 2 is 1.81 bits per heavy atom. The number of anilines is 1. The second kappa shape index (κ2) is 9.50. The molecule has 0 radical (unpaired) electrons. The SMILES string of the molecule is CC.CC.CC(C)(Nc1ccnc(-c2c[nH]c3ncccc23)n1)C(=O)O. The zero-order valence-corrected chi connectivity index (χ0v) is 16.2. The van der Waals surface area contributed by atoms with E-state index in [1.807, 2.05) is 39.8 Å². The Morgan fingerprint density at radius 3 is 2.46 bits per heavy atom. The molecule has 0 aliphatic carbocycles. The molecule has 0 aliphatic rings. The summed E-state index contributed by atoms with van der Waals surface area (Å²) >= 11 is 0. The average Bonchev–Trinajstić information content (AvgIpc) is 3.09. The first-order valence-corrected chi connectivity index (χ1v) is 8.74. The lowest BCUT2D eigenvalue weighted by Crippen LogP contribution is -2.40. The molecule has 0 aromatic carbocycles. The molecule has 3 heterocycles. The number of carbonyl (C=O) groups is 1. The largest absolute Gasteiger partial charge is 0.480 e. The van der Waals surface area contributed by atoms with Gasteiger partial charge in [0.1, 0.15) is 17.0 Å². The van der Waals surface area contributed by atoms with Gasteiger partial charge < -0.3 is 15.4 Å². The number of aromatic amines is 1. The van der Waals surface area contributed by atoms with Crippen molar-refractivity contribution < 1.29 is 9.90 Å². The maximum atomic E-state index is 11.2. The van der Waals surface area contributed by atoms with Gasteiger partial charge in [0.2, 0.25) is 0 Å². The van der Waals surface area contributed by atoms with E-state index < -0.39 is 11.5 Å². The van der Waals surface area contributed by atoms with Crippen molar-refractivity contribution in [2.24, 2.45) is 0 Å². The second-order valence-corrected chi connectivity index (χ2v) is 5.42. The van der Waals surface area contributed by atoms with Crippen molar-refractivity contribution >= 4 is 22.8 Å². The number of hydrogen-bond donors (Lipinski definition) is 3. The highest BCUT2D eigenvalue weighted by Gasteiger charge is 2.27. The number of carboxylic acids is 1. The van der Waals surface area contributed by atoms with Crippen LogP contribution >= 0.6 is 0 Å². The van der Waals surface area contributed by atoms with Crippen LogP contribution in [0.1, 0.15) is 41.5 Å². The zero-order valence-electron chi connectivity index (χ0n) is 16.2. The first kappa shape index (κ1) is 21.1. The number of pyridine rings is 1. The van der Waals surface area contributed by atoms with Crippen LogP contribution in [0.15, 0.2) is 36.8 Å². The van der Waals surface area contributed by atoms with E-state index in [-0.39, 0.29) is 0 Å². The Labute approximate surface area is 153 Å². The van der Waals surface area contributed by atoms with E-state index in [2.05, 4.69) is 25.3 Å². The molecule has 0 unspecified atom stereocenters. The van der Waals surface area contributed by atoms with Gasteiger partial charge in [-0.3, -0.25) is 0 Å². The Hall–Kier alpha value is -2.96. The fourth-order valence-corrected chi connectivity index (χ4v) is 2.07. The molecule has 3 aromatic rings. The number of fused-ring (bicyclic) bond motifs is 1. The summed E-state index contributed by atoms with van der Waals surface area (Å²) in [6, 6.07) is 5.41. The predicted octanol–water partition coefficient (Wildman–Crippen LogP) is 4.35. The molecular formula is C19H27N5O2. The van der Waals surface area contributed by atoms with E-state index in [0.29, 0.717) is 11.6 Å². The predicted molar refractivity (Wildman–Crippen MR) is 105 cm³/mol. The average molecular weight is 357 g/mol. The van der Waals surface area contributed by atoms with Crippen molar-refractivity contribution in [3.8, 4) is 11.4 Å². The molecule has 0 spiro atoms. The summed E-state index contributed by atoms with van der Waals surface area (Å²) < 4.78 is 0. The van der Waals surface area contributed by atoms with Crippen LogP contribution in [0.4, 0.5) is 5.82 Å². The summed E-state index contributed by atoms with van der Waals surface area (Å²) in [6.45, 7) is 11.2. The fourth-order valence-electron chi connectivity index (χ4n) is 2.07. The number of nitrogens with one attached hydrogen (secondary N) is 2. The molecule has 0 atom stereocenters. The van der Waals surface area contributed by atoms with Crippen LogP contribution in [0.2, 0.25) is 0 Å². The van der Waals surface area contributed by atoms with Gasteiger partial charge in [0.05, 0.1) is 0 Å². The lowest BCUT2D eigenvalue weighted by molar-refractivity contribution is -0.141. The third-order valence-electron chi connectivity index (χ3n) is 3.32. The summed E-state index contributed by atoms with van der Waals surface area (Å²) in [6.07, 6.45) is 5.09. The normalized spacial score (nSPS) is 10.2. The number of hydrogen-bond acceptors (Lipinski definition) is 5. The molecule has 7 nitrogen and oxygen atoms in total. The van der Waals surface area contributed by atoms with E-state index in [1.54, 1.807) is 38.5 Å². The topological polar surface area (TPSA) is 104 Å². The lowest BCUT2D eigenvalue weighted by atomic mass is 10.1. The van der Waals surface area contributed by atoms with Gasteiger partial charge in [-0.2, -0.15) is 0 Å². The minimum absolute atomic E-state index is 0.454. The maximum Gasteiger partial charge on any atom is 0.328 e. The second-order valence-electron chi connectivity index (χ2n) is 5.42. The van der Waals surface area contributed by atoms with Gasteiger partial charge in [-0.1, -0.05) is 27.7 Å². The molecule has 3 N–H and O–H groups in total. The van der Waals surface area contributed by atoms with Gasteiger partial charge in [-0.05, 0) is 32.0 Å². The number of H-pyrrole nitrogens is 1. The molecule has 0 saturated carbocycles. The van der Waals surface area contributed by atoms with E-state index >= 15 is 0 Å². The highest BCUT2D eigenvalue weighted by molar-refractivity contribution is 5.91. The molecule has 140 valence electrons. The number of aromatic nitrogens is 4. The first-order chi connectivity index (χ1) is 12.5. The van der Waals surface area contributed by atoms with Crippen LogP contribution in [0, 0.1) is 0 Å². The van der Waals surface area contributed by atoms with Crippen molar-refractivity contribution in [2.45, 2.75) is 47.1 Å². The molecule has 7 heteroatoms. The van der Waals surface area contributed by atoms with Gasteiger partial charge in [-0.15, -0.1) is 0 Å². The molecule has 0 saturated heterocycles. The minimum atomic E-state index is -1.12. The van der Waals surface area contributed by atoms with Crippen molar-refractivity contribution in [1.82, 2.24) is 19.9 Å². The standard InChI is InChI=1S/C15H15N5O2.2C2H6/c1-15(2,14(21)22)20-11-5-7-17-13(19-11)10-8-18-12-9(10)4-3-6-16-12;2*1-2/h3-8H,1-2H3,(H,16,18)(H,21,22)(H,17,19,20);2*1-2H3. The molecule has 3 aromatic heterocycles. The van der Waals surface area contributed by atoms with Crippen LogP contribution in [-0.4, -0.2) is 36.6 Å². The van der Waals surface area contributed by atoms with Gasteiger partial charge in [0.25, 0.3) is 0 Å². The van der Waals surface area contributed by atoms with Gasteiger partial charge in [0.15, 0.2) is 5.82 Å². The van der Waals surface area contributed by atoms with Crippen molar-refractivity contribution in [2.75, 3.05) is 5.32 Å². The number of carboxylic acid groups (broad SMARTS) is 1. The quantitative estimate of drug-likeness (QED) is 0.641. The first-order valence-electron chi connectivity index (χ1n) is 8.74. The Bertz CT molecular complexity index is 843. The Kier molecular flexibility index (Phi) is 7.71. The van der Waals surface area contributed by atoms with Crippen molar-refractivity contribution in [3.63, 3.8) is 0 Å². The smallest absolute Gasteiger partial charge is 0.328 e. The number of rotatable bonds is 4. The maximum absolute atomic E-state index is 11.2. The van der Waals surface area contributed by atoms with Crippen molar-refractivity contribution in [3.05, 3.63) is 36.8 Å². The summed E-state index contributed by atoms with van der Waals surface area (Å²) in [7, 11) is 0. The van der Waals surface area contributed by atoms with E-state index in [1.165, 1.54) is 0 Å². The highest BCUT2D eigenvalue weighted by atomic mass is 16.4. The van der Waals surface area contributed by atoms with Crippen molar-refractivity contribution in [1.29, 1.82) is 0 Å². The summed E-state index contributed by atoms with van der Waals surface area (Å²) in [5.74, 6) is 0.00466. The molecule has 0 aliphatic heterocycles. The number of aliphatic carboxylic acids is 1. The molecule has 0 amide bonds. The molecule has 0 bridgehead atoms. The van der Waals surface area contributed by atoms with E-state index in [4.69, 9.17) is 0 Å². The van der Waals surface area contributed by atoms with Crippen LogP contribution in [0.5, 0.6) is 0 Å². The van der Waals surface area contributed by atoms with E-state index in [0.717, 1.165) is 16.6 Å². The number of nitrogens with zero attached hydrogens (tertiary/aromatic N) is 3. The third kappa shape index (κ3) is 4.78. The van der Waals surface area contributed by atoms with Gasteiger partial charge in [0, 0.05) is 29.5 Å². The molecule has 0 fully saturated rings. The van der Waals surface area contributed by atoms with Crippen LogP contribution in [-0.2, 0) is 4.79 Å². The molecule has 26 heavy (non-hydrogen) atoms. The van der Waals surface area contributed by atoms with Crippen LogP contribution < -0.4 is 5.32 Å². The van der Waals surface area contributed by atoms with E-state index in [9.17, 15) is 9.90 Å². The zero-order chi connectivity index (χ0) is 19.7. The summed E-state index contributed by atoms with van der Waals surface area (Å²) in [5.41, 5.74) is 0.457. The van der Waals surface area contributed by atoms with Gasteiger partial charge >= 0.3 is 5.97 Å². The lowest BCUT2D eigenvalue weighted by Gasteiger charge is -2.21. The summed E-state index contributed by atoms with van der Waals surface area (Å²) in [5, 5.41) is 13.0. The summed E-state index contributed by atoms with van der Waals surface area (Å²) in [4.78, 5) is 27.1. The monoisotopic (exact) mass is 357 g/mol. The Morgan fingerprint density at radius 1 is 1.12 bits per heavy atom. The molecular weight excluding hydrogens is 330 g/mol. The Balaban J connectivity index is 0.000000791. The van der Waals surface area contributed by atoms with Crippen LogP contribution in [0.3, 0.4) is 0 Å². The third-order valence-corrected chi connectivity index (χ3v) is 3.32. The highest BCUT2D eigenvalue weighted by Crippen LogP contribution is 2.25.